The Bertz CT molecular complexity index is 1330. The molecular weight excluding hydrogens is 402 g/mol. The van der Waals surface area contributed by atoms with E-state index in [1.54, 1.807) is 54.5 Å². The summed E-state index contributed by atoms with van der Waals surface area (Å²) in [4.78, 5) is 28.5. The second-order valence-corrected chi connectivity index (χ2v) is 7.44. The standard InChI is InChI=1S/C24H16ClNO4/c1-29-17-10-8-16(9-11-17)26-21(14-5-3-2-4-6-14)20-22(27)18-13-15(25)7-12-19(18)30-23(20)24(26)28/h2-13,21H,1H3. The quantitative estimate of drug-likeness (QED) is 0.459. The van der Waals surface area contributed by atoms with Crippen LogP contribution in [0.15, 0.2) is 82.0 Å². The summed E-state index contributed by atoms with van der Waals surface area (Å²) < 4.78 is 11.2. The maximum Gasteiger partial charge on any atom is 0.295 e. The minimum absolute atomic E-state index is 0.0551. The average Bonchev–Trinajstić information content (AvgIpc) is 3.07. The lowest BCUT2D eigenvalue weighted by molar-refractivity contribution is 0.0971. The van der Waals surface area contributed by atoms with Crippen molar-refractivity contribution in [2.45, 2.75) is 6.04 Å². The van der Waals surface area contributed by atoms with Gasteiger partial charge in [0, 0.05) is 10.7 Å². The molecule has 0 saturated heterocycles. The molecule has 3 aromatic carbocycles. The normalized spacial score (nSPS) is 15.5. The molecule has 1 aliphatic heterocycles. The number of carbonyl (C=O) groups excluding carboxylic acids is 1. The summed E-state index contributed by atoms with van der Waals surface area (Å²) in [6.07, 6.45) is 0. The number of methoxy groups -OCH3 is 1. The van der Waals surface area contributed by atoms with Gasteiger partial charge >= 0.3 is 0 Å². The predicted octanol–water partition coefficient (Wildman–Crippen LogP) is 5.20. The largest absolute Gasteiger partial charge is 0.497 e. The van der Waals surface area contributed by atoms with Crippen LogP contribution in [0.2, 0.25) is 5.02 Å². The van der Waals surface area contributed by atoms with Crippen molar-refractivity contribution in [2.24, 2.45) is 0 Å². The van der Waals surface area contributed by atoms with Gasteiger partial charge in [0.25, 0.3) is 5.91 Å². The average molecular weight is 418 g/mol. The molecule has 1 unspecified atom stereocenters. The molecule has 1 aliphatic rings. The number of amides is 1. The summed E-state index contributed by atoms with van der Waals surface area (Å²) >= 11 is 6.11. The fourth-order valence-electron chi connectivity index (χ4n) is 3.90. The zero-order valence-electron chi connectivity index (χ0n) is 16.0. The molecule has 1 aromatic heterocycles. The van der Waals surface area contributed by atoms with Crippen molar-refractivity contribution in [1.82, 2.24) is 0 Å². The minimum Gasteiger partial charge on any atom is -0.497 e. The van der Waals surface area contributed by atoms with Crippen LogP contribution in [0, 0.1) is 0 Å². The number of benzene rings is 3. The van der Waals surface area contributed by atoms with Crippen LogP contribution in [0.25, 0.3) is 11.0 Å². The molecule has 6 heteroatoms. The molecular formula is C24H16ClNO4. The first-order chi connectivity index (χ1) is 14.6. The van der Waals surface area contributed by atoms with E-state index in [1.165, 1.54) is 0 Å². The SMILES string of the molecule is COc1ccc(N2C(=O)c3oc4ccc(Cl)cc4c(=O)c3C2c2ccccc2)cc1. The molecule has 5 rings (SSSR count). The van der Waals surface area contributed by atoms with Gasteiger partial charge in [0.15, 0.2) is 5.43 Å². The van der Waals surface area contributed by atoms with E-state index in [2.05, 4.69) is 0 Å². The molecule has 0 saturated carbocycles. The summed E-state index contributed by atoms with van der Waals surface area (Å²) in [7, 11) is 1.58. The van der Waals surface area contributed by atoms with E-state index in [-0.39, 0.29) is 17.1 Å². The molecule has 0 N–H and O–H groups in total. The van der Waals surface area contributed by atoms with Crippen molar-refractivity contribution in [2.75, 3.05) is 12.0 Å². The monoisotopic (exact) mass is 417 g/mol. The third-order valence-electron chi connectivity index (χ3n) is 5.30. The number of anilines is 1. The van der Waals surface area contributed by atoms with E-state index in [0.29, 0.717) is 33.0 Å². The van der Waals surface area contributed by atoms with Crippen molar-refractivity contribution in [3.63, 3.8) is 0 Å². The van der Waals surface area contributed by atoms with Gasteiger partial charge in [-0.15, -0.1) is 0 Å². The third kappa shape index (κ3) is 2.78. The topological polar surface area (TPSA) is 59.8 Å². The first-order valence-corrected chi connectivity index (χ1v) is 9.75. The molecule has 1 amide bonds. The van der Waals surface area contributed by atoms with Crippen molar-refractivity contribution in [3.8, 4) is 5.75 Å². The van der Waals surface area contributed by atoms with Crippen LogP contribution >= 0.6 is 11.6 Å². The summed E-state index contributed by atoms with van der Waals surface area (Å²) in [6, 6.07) is 20.8. The molecule has 0 spiro atoms. The molecule has 0 fully saturated rings. The highest BCUT2D eigenvalue weighted by molar-refractivity contribution is 6.31. The predicted molar refractivity (Wildman–Crippen MR) is 116 cm³/mol. The van der Waals surface area contributed by atoms with Crippen molar-refractivity contribution < 1.29 is 13.9 Å². The van der Waals surface area contributed by atoms with Gasteiger partial charge in [-0.3, -0.25) is 14.5 Å². The first kappa shape index (κ1) is 18.5. The van der Waals surface area contributed by atoms with Crippen molar-refractivity contribution in [1.29, 1.82) is 0 Å². The Morgan fingerprint density at radius 1 is 0.967 bits per heavy atom. The van der Waals surface area contributed by atoms with Gasteiger partial charge in [0.2, 0.25) is 5.76 Å². The second-order valence-electron chi connectivity index (χ2n) is 7.00. The van der Waals surface area contributed by atoms with Gasteiger partial charge in [-0.2, -0.15) is 0 Å². The third-order valence-corrected chi connectivity index (χ3v) is 5.53. The smallest absolute Gasteiger partial charge is 0.295 e. The van der Waals surface area contributed by atoms with Crippen LogP contribution in [-0.2, 0) is 0 Å². The van der Waals surface area contributed by atoms with Crippen LogP contribution < -0.4 is 15.1 Å². The second kappa shape index (κ2) is 7.04. The Hall–Kier alpha value is -3.57. The number of rotatable bonds is 3. The Morgan fingerprint density at radius 2 is 1.70 bits per heavy atom. The number of nitrogens with zero attached hydrogens (tertiary/aromatic N) is 1. The van der Waals surface area contributed by atoms with Gasteiger partial charge in [0.05, 0.1) is 24.1 Å². The van der Waals surface area contributed by atoms with E-state index in [9.17, 15) is 9.59 Å². The Balaban J connectivity index is 1.79. The van der Waals surface area contributed by atoms with E-state index in [4.69, 9.17) is 20.8 Å². The lowest BCUT2D eigenvalue weighted by atomic mass is 9.98. The number of fused-ring (bicyclic) bond motifs is 2. The van der Waals surface area contributed by atoms with Crippen LogP contribution in [-0.4, -0.2) is 13.0 Å². The maximum atomic E-state index is 13.5. The van der Waals surface area contributed by atoms with Crippen molar-refractivity contribution in [3.05, 3.63) is 105 Å². The molecule has 1 atom stereocenters. The molecule has 2 heterocycles. The molecule has 5 nitrogen and oxygen atoms in total. The van der Waals surface area contributed by atoms with E-state index >= 15 is 0 Å². The van der Waals surface area contributed by atoms with Crippen molar-refractivity contribution >= 4 is 34.2 Å². The zero-order chi connectivity index (χ0) is 20.8. The van der Waals surface area contributed by atoms with Gasteiger partial charge in [0.1, 0.15) is 11.3 Å². The molecule has 4 aromatic rings. The maximum absolute atomic E-state index is 13.5. The number of ether oxygens (including phenoxy) is 1. The Kier molecular flexibility index (Phi) is 4.33. The van der Waals surface area contributed by atoms with Gasteiger partial charge < -0.3 is 9.15 Å². The lowest BCUT2D eigenvalue weighted by Crippen LogP contribution is -2.29. The van der Waals surface area contributed by atoms with Crippen LogP contribution in [0.4, 0.5) is 5.69 Å². The zero-order valence-corrected chi connectivity index (χ0v) is 16.7. The van der Waals surface area contributed by atoms with E-state index < -0.39 is 6.04 Å². The first-order valence-electron chi connectivity index (χ1n) is 9.37. The minimum atomic E-state index is -0.610. The highest BCUT2D eigenvalue weighted by Crippen LogP contribution is 2.41. The summed E-state index contributed by atoms with van der Waals surface area (Å²) in [5, 5.41) is 0.786. The molecule has 30 heavy (non-hydrogen) atoms. The number of halogens is 1. The lowest BCUT2D eigenvalue weighted by Gasteiger charge is -2.25. The fraction of sp³-hybridized carbons (Fsp3) is 0.0833. The van der Waals surface area contributed by atoms with Gasteiger partial charge in [-0.1, -0.05) is 41.9 Å². The van der Waals surface area contributed by atoms with Crippen LogP contribution in [0.1, 0.15) is 27.7 Å². The van der Waals surface area contributed by atoms with Gasteiger partial charge in [-0.05, 0) is 48.0 Å². The molecule has 0 aliphatic carbocycles. The molecule has 148 valence electrons. The Morgan fingerprint density at radius 3 is 2.40 bits per heavy atom. The van der Waals surface area contributed by atoms with E-state index in [0.717, 1.165) is 5.56 Å². The molecule has 0 radical (unpaired) electrons. The van der Waals surface area contributed by atoms with Crippen LogP contribution in [0.5, 0.6) is 5.75 Å². The summed E-state index contributed by atoms with van der Waals surface area (Å²) in [5.41, 5.74) is 1.85. The highest BCUT2D eigenvalue weighted by Gasteiger charge is 2.43. The fourth-order valence-corrected chi connectivity index (χ4v) is 4.08. The van der Waals surface area contributed by atoms with E-state index in [1.807, 2.05) is 30.3 Å². The highest BCUT2D eigenvalue weighted by atomic mass is 35.5. The summed E-state index contributed by atoms with van der Waals surface area (Å²) in [5.74, 6) is 0.367. The number of hydrogen-bond acceptors (Lipinski definition) is 4. The molecule has 0 bridgehead atoms. The van der Waals surface area contributed by atoms with Gasteiger partial charge in [-0.25, -0.2) is 0 Å². The number of carbonyl (C=O) groups is 1. The summed E-state index contributed by atoms with van der Waals surface area (Å²) in [6.45, 7) is 0. The van der Waals surface area contributed by atoms with Crippen LogP contribution in [0.3, 0.4) is 0 Å². The Labute approximate surface area is 177 Å². The number of hydrogen-bond donors (Lipinski definition) is 0.